The van der Waals surface area contributed by atoms with Crippen LogP contribution in [0.15, 0.2) is 16.9 Å². The molecule has 0 unspecified atom stereocenters. The Hall–Kier alpha value is -2.02. The van der Waals surface area contributed by atoms with Gasteiger partial charge >= 0.3 is 0 Å². The molecule has 7 heteroatoms. The zero-order chi connectivity index (χ0) is 16.4. The van der Waals surface area contributed by atoms with Gasteiger partial charge in [0.1, 0.15) is 23.6 Å². The standard InChI is InChI=1S/C16H18FN3O2S/c1-9(23)22-8-14-19-13-7-11(18-10-4-2-3-5-10)6-12(17)15(13)16(21)20-14/h6-7,10,18H,2-5,8H2,1H3,(H,19,20,21). The maximum Gasteiger partial charge on any atom is 0.261 e. The molecule has 5 nitrogen and oxygen atoms in total. The number of aromatic nitrogens is 2. The van der Waals surface area contributed by atoms with E-state index in [1.165, 1.54) is 18.9 Å². The number of anilines is 1. The predicted molar refractivity (Wildman–Crippen MR) is 91.3 cm³/mol. The van der Waals surface area contributed by atoms with Crippen molar-refractivity contribution in [2.75, 3.05) is 5.32 Å². The summed E-state index contributed by atoms with van der Waals surface area (Å²) < 4.78 is 19.5. The van der Waals surface area contributed by atoms with Crippen molar-refractivity contribution >= 4 is 33.9 Å². The van der Waals surface area contributed by atoms with Crippen molar-refractivity contribution in [3.63, 3.8) is 0 Å². The van der Waals surface area contributed by atoms with Crippen LogP contribution >= 0.6 is 12.2 Å². The molecule has 2 N–H and O–H groups in total. The molecule has 1 aromatic carbocycles. The zero-order valence-corrected chi connectivity index (χ0v) is 13.6. The maximum atomic E-state index is 14.3. The number of aromatic amines is 1. The van der Waals surface area contributed by atoms with Crippen LogP contribution in [0.2, 0.25) is 0 Å². The highest BCUT2D eigenvalue weighted by molar-refractivity contribution is 7.80. The van der Waals surface area contributed by atoms with E-state index in [0.29, 0.717) is 28.1 Å². The Kier molecular flexibility index (Phi) is 4.56. The molecule has 1 aliphatic carbocycles. The Morgan fingerprint density at radius 1 is 1.48 bits per heavy atom. The van der Waals surface area contributed by atoms with Crippen LogP contribution < -0.4 is 10.9 Å². The van der Waals surface area contributed by atoms with E-state index in [9.17, 15) is 9.18 Å². The molecule has 0 aliphatic heterocycles. The van der Waals surface area contributed by atoms with E-state index in [-0.39, 0.29) is 12.0 Å². The number of hydrogen-bond acceptors (Lipinski definition) is 5. The van der Waals surface area contributed by atoms with E-state index in [1.807, 2.05) is 0 Å². The number of benzene rings is 1. The molecule has 1 heterocycles. The topological polar surface area (TPSA) is 67.0 Å². The van der Waals surface area contributed by atoms with Crippen molar-refractivity contribution in [1.82, 2.24) is 9.97 Å². The molecule has 0 spiro atoms. The quantitative estimate of drug-likeness (QED) is 0.839. The monoisotopic (exact) mass is 335 g/mol. The molecule has 122 valence electrons. The Labute approximate surface area is 138 Å². The summed E-state index contributed by atoms with van der Waals surface area (Å²) in [5.74, 6) is -0.251. The van der Waals surface area contributed by atoms with Gasteiger partial charge in [0.15, 0.2) is 5.05 Å². The number of nitrogens with one attached hydrogen (secondary N) is 2. The summed E-state index contributed by atoms with van der Waals surface area (Å²) in [6.07, 6.45) is 4.53. The third-order valence-electron chi connectivity index (χ3n) is 3.95. The lowest BCUT2D eigenvalue weighted by atomic mass is 10.2. The lowest BCUT2D eigenvalue weighted by Gasteiger charge is -2.14. The molecule has 1 fully saturated rings. The van der Waals surface area contributed by atoms with Gasteiger partial charge in [0.05, 0.1) is 5.52 Å². The first kappa shape index (κ1) is 15.9. The first-order valence-electron chi connectivity index (χ1n) is 7.65. The van der Waals surface area contributed by atoms with Crippen LogP contribution in [0.3, 0.4) is 0 Å². The van der Waals surface area contributed by atoms with E-state index in [2.05, 4.69) is 15.3 Å². The van der Waals surface area contributed by atoms with Gasteiger partial charge in [-0.05, 0) is 37.2 Å². The molecule has 0 radical (unpaired) electrons. The van der Waals surface area contributed by atoms with Crippen molar-refractivity contribution in [3.8, 4) is 0 Å². The Morgan fingerprint density at radius 2 is 2.22 bits per heavy atom. The van der Waals surface area contributed by atoms with Crippen LogP contribution in [0.4, 0.5) is 10.1 Å². The third kappa shape index (κ3) is 3.67. The first-order chi connectivity index (χ1) is 11.0. The fraction of sp³-hybridized carbons (Fsp3) is 0.438. The summed E-state index contributed by atoms with van der Waals surface area (Å²) in [6, 6.07) is 3.42. The van der Waals surface area contributed by atoms with Crippen molar-refractivity contribution in [2.45, 2.75) is 45.3 Å². The summed E-state index contributed by atoms with van der Waals surface area (Å²) in [5, 5.41) is 3.64. The lowest BCUT2D eigenvalue weighted by Crippen LogP contribution is -2.17. The van der Waals surface area contributed by atoms with Crippen LogP contribution in [0, 0.1) is 5.82 Å². The average Bonchev–Trinajstić information content (AvgIpc) is 2.97. The molecule has 0 bridgehead atoms. The average molecular weight is 335 g/mol. The van der Waals surface area contributed by atoms with Crippen molar-refractivity contribution < 1.29 is 9.13 Å². The number of fused-ring (bicyclic) bond motifs is 1. The normalized spacial score (nSPS) is 15.0. The predicted octanol–water partition coefficient (Wildman–Crippen LogP) is 3.28. The highest BCUT2D eigenvalue weighted by Crippen LogP contribution is 2.25. The summed E-state index contributed by atoms with van der Waals surface area (Å²) in [4.78, 5) is 18.9. The first-order valence-corrected chi connectivity index (χ1v) is 8.06. The number of H-pyrrole nitrogens is 1. The number of nitrogens with zero attached hydrogens (tertiary/aromatic N) is 1. The molecule has 1 aliphatic rings. The Morgan fingerprint density at radius 3 is 2.91 bits per heavy atom. The number of hydrogen-bond donors (Lipinski definition) is 2. The lowest BCUT2D eigenvalue weighted by molar-refractivity contribution is 0.288. The van der Waals surface area contributed by atoms with Gasteiger partial charge in [0.2, 0.25) is 0 Å². The van der Waals surface area contributed by atoms with Gasteiger partial charge in [0, 0.05) is 18.7 Å². The molecular formula is C16H18FN3O2S. The van der Waals surface area contributed by atoms with E-state index >= 15 is 0 Å². The molecule has 2 aromatic rings. The number of halogens is 1. The summed E-state index contributed by atoms with van der Waals surface area (Å²) in [5.41, 5.74) is 0.452. The molecule has 1 aromatic heterocycles. The largest absolute Gasteiger partial charge is 0.479 e. The van der Waals surface area contributed by atoms with Crippen molar-refractivity contribution in [2.24, 2.45) is 0 Å². The highest BCUT2D eigenvalue weighted by atomic mass is 32.1. The molecule has 0 atom stereocenters. The number of thiocarbonyl (C=S) groups is 1. The molecule has 23 heavy (non-hydrogen) atoms. The van der Waals surface area contributed by atoms with Gasteiger partial charge in [-0.3, -0.25) is 4.79 Å². The Balaban J connectivity index is 1.95. The van der Waals surface area contributed by atoms with Crippen LogP contribution in [-0.4, -0.2) is 21.1 Å². The number of rotatable bonds is 4. The van der Waals surface area contributed by atoms with E-state index < -0.39 is 11.4 Å². The fourth-order valence-corrected chi connectivity index (χ4v) is 2.96. The zero-order valence-electron chi connectivity index (χ0n) is 12.8. The highest BCUT2D eigenvalue weighted by Gasteiger charge is 2.17. The van der Waals surface area contributed by atoms with Gasteiger partial charge in [-0.15, -0.1) is 0 Å². The van der Waals surface area contributed by atoms with Gasteiger partial charge in [-0.2, -0.15) is 0 Å². The van der Waals surface area contributed by atoms with Crippen LogP contribution in [0.5, 0.6) is 0 Å². The van der Waals surface area contributed by atoms with E-state index in [4.69, 9.17) is 17.0 Å². The number of ether oxygens (including phenoxy) is 1. The van der Waals surface area contributed by atoms with Crippen LogP contribution in [0.1, 0.15) is 38.4 Å². The second kappa shape index (κ2) is 6.62. The minimum absolute atomic E-state index is 0.0372. The van der Waals surface area contributed by atoms with E-state index in [0.717, 1.165) is 12.8 Å². The molecule has 0 amide bonds. The van der Waals surface area contributed by atoms with Gasteiger partial charge < -0.3 is 15.0 Å². The van der Waals surface area contributed by atoms with Gasteiger partial charge in [0.25, 0.3) is 5.56 Å². The SMILES string of the molecule is CC(=S)OCc1nc2cc(NC3CCCC3)cc(F)c2c(=O)[nH]1. The second-order valence-corrected chi connectivity index (χ2v) is 6.35. The van der Waals surface area contributed by atoms with Crippen molar-refractivity contribution in [1.29, 1.82) is 0 Å². The molecule has 3 rings (SSSR count). The van der Waals surface area contributed by atoms with Crippen LogP contribution in [0.25, 0.3) is 10.9 Å². The maximum absolute atomic E-state index is 14.3. The van der Waals surface area contributed by atoms with Crippen LogP contribution in [-0.2, 0) is 11.3 Å². The minimum Gasteiger partial charge on any atom is -0.479 e. The smallest absolute Gasteiger partial charge is 0.261 e. The summed E-state index contributed by atoms with van der Waals surface area (Å²) >= 11 is 4.83. The molecular weight excluding hydrogens is 317 g/mol. The van der Waals surface area contributed by atoms with Crippen molar-refractivity contribution in [3.05, 3.63) is 34.1 Å². The molecule has 1 saturated carbocycles. The molecule has 0 saturated heterocycles. The second-order valence-electron chi connectivity index (χ2n) is 5.77. The minimum atomic E-state index is -0.574. The summed E-state index contributed by atoms with van der Waals surface area (Å²) in [6.45, 7) is 1.69. The van der Waals surface area contributed by atoms with Gasteiger partial charge in [-0.1, -0.05) is 12.8 Å². The van der Waals surface area contributed by atoms with E-state index in [1.54, 1.807) is 13.0 Å². The third-order valence-corrected chi connectivity index (χ3v) is 4.07. The summed E-state index contributed by atoms with van der Waals surface area (Å²) in [7, 11) is 0. The Bertz CT molecular complexity index is 800. The van der Waals surface area contributed by atoms with Gasteiger partial charge in [-0.25, -0.2) is 9.37 Å². The fourth-order valence-electron chi connectivity index (χ4n) is 2.90.